The minimum atomic E-state index is -0.933. The van der Waals surface area contributed by atoms with Crippen LogP contribution in [0.5, 0.6) is 5.75 Å². The molecule has 0 spiro atoms. The molecule has 0 aromatic heterocycles. The molecule has 0 saturated heterocycles. The predicted octanol–water partition coefficient (Wildman–Crippen LogP) is 4.04. The summed E-state index contributed by atoms with van der Waals surface area (Å²) in [6, 6.07) is 7.38. The van der Waals surface area contributed by atoms with E-state index in [2.05, 4.69) is 5.32 Å². The zero-order valence-corrected chi connectivity index (χ0v) is 20.4. The number of para-hydroxylation sites is 1. The Morgan fingerprint density at radius 3 is 2.36 bits per heavy atom. The zero-order chi connectivity index (χ0) is 24.4. The molecule has 2 aliphatic rings. The van der Waals surface area contributed by atoms with Crippen molar-refractivity contribution in [3.05, 3.63) is 52.4 Å². The van der Waals surface area contributed by atoms with E-state index in [1.807, 2.05) is 45.0 Å². The SMILES string of the molecule is COC(=O)[C@H]1C(=O)C2=C(C[C@@H]1C)NC(C)=C(C(=O)OC(C)C)[C@@H]2c1ccccc1OC(C)C. The van der Waals surface area contributed by atoms with Gasteiger partial charge in [-0.15, -0.1) is 0 Å². The van der Waals surface area contributed by atoms with Crippen molar-refractivity contribution in [2.24, 2.45) is 11.8 Å². The third kappa shape index (κ3) is 4.82. The van der Waals surface area contributed by atoms with Crippen molar-refractivity contribution < 1.29 is 28.6 Å². The maximum atomic E-state index is 13.8. The first-order chi connectivity index (χ1) is 15.6. The highest BCUT2D eigenvalue weighted by atomic mass is 16.5. The van der Waals surface area contributed by atoms with Gasteiger partial charge in [-0.05, 0) is 53.0 Å². The number of allylic oxidation sites excluding steroid dienone is 3. The summed E-state index contributed by atoms with van der Waals surface area (Å²) in [5.74, 6) is -2.73. The van der Waals surface area contributed by atoms with E-state index in [0.29, 0.717) is 34.6 Å². The highest BCUT2D eigenvalue weighted by molar-refractivity contribution is 6.12. The standard InChI is InChI=1S/C26H33NO6/c1-13(2)32-19-11-9-8-10-17(19)22-21(26(30)33-14(3)4)16(6)27-18-12-15(5)20(25(29)31-7)24(28)23(18)22/h8-11,13-15,20,22,27H,12H2,1-7H3/t15-,20+,22-/m0/s1. The minimum Gasteiger partial charge on any atom is -0.491 e. The van der Waals surface area contributed by atoms with Crippen LogP contribution in [0, 0.1) is 11.8 Å². The summed E-state index contributed by atoms with van der Waals surface area (Å²) in [4.78, 5) is 39.6. The van der Waals surface area contributed by atoms with Gasteiger partial charge in [-0.2, -0.15) is 0 Å². The molecule has 0 amide bonds. The van der Waals surface area contributed by atoms with Crippen LogP contribution in [0.15, 0.2) is 46.8 Å². The number of carbonyl (C=O) groups excluding carboxylic acids is 3. The summed E-state index contributed by atoms with van der Waals surface area (Å²) in [7, 11) is 1.28. The van der Waals surface area contributed by atoms with Gasteiger partial charge in [0.05, 0.1) is 30.8 Å². The van der Waals surface area contributed by atoms with E-state index in [1.165, 1.54) is 7.11 Å². The van der Waals surface area contributed by atoms with Gasteiger partial charge in [0, 0.05) is 22.5 Å². The van der Waals surface area contributed by atoms with Crippen LogP contribution in [0.4, 0.5) is 0 Å². The average molecular weight is 456 g/mol. The average Bonchev–Trinajstić information content (AvgIpc) is 2.71. The smallest absolute Gasteiger partial charge is 0.337 e. The Hall–Kier alpha value is -3.09. The van der Waals surface area contributed by atoms with Gasteiger partial charge in [-0.25, -0.2) is 4.79 Å². The summed E-state index contributed by atoms with van der Waals surface area (Å²) < 4.78 is 16.6. The number of esters is 2. The summed E-state index contributed by atoms with van der Waals surface area (Å²) in [5, 5.41) is 3.27. The second-order valence-electron chi connectivity index (χ2n) is 9.19. The van der Waals surface area contributed by atoms with Crippen molar-refractivity contribution in [1.82, 2.24) is 5.32 Å². The van der Waals surface area contributed by atoms with Gasteiger partial charge in [0.25, 0.3) is 0 Å². The molecule has 3 atom stereocenters. The Bertz CT molecular complexity index is 1020. The topological polar surface area (TPSA) is 90.9 Å². The van der Waals surface area contributed by atoms with Gasteiger partial charge in [-0.1, -0.05) is 25.1 Å². The lowest BCUT2D eigenvalue weighted by Crippen LogP contribution is -2.43. The fraction of sp³-hybridized carbons (Fsp3) is 0.500. The highest BCUT2D eigenvalue weighted by Gasteiger charge is 2.47. The van der Waals surface area contributed by atoms with Crippen LogP contribution in [0.2, 0.25) is 0 Å². The molecule has 1 aromatic carbocycles. The first-order valence-electron chi connectivity index (χ1n) is 11.4. The van der Waals surface area contributed by atoms with E-state index in [0.717, 1.165) is 5.70 Å². The maximum Gasteiger partial charge on any atom is 0.337 e. The number of rotatable bonds is 6. The summed E-state index contributed by atoms with van der Waals surface area (Å²) >= 11 is 0. The van der Waals surface area contributed by atoms with Crippen molar-refractivity contribution in [2.45, 2.75) is 66.1 Å². The van der Waals surface area contributed by atoms with E-state index in [-0.39, 0.29) is 23.9 Å². The number of ether oxygens (including phenoxy) is 3. The first-order valence-corrected chi connectivity index (χ1v) is 11.4. The van der Waals surface area contributed by atoms with E-state index in [4.69, 9.17) is 14.2 Å². The Morgan fingerprint density at radius 2 is 1.76 bits per heavy atom. The minimum absolute atomic E-state index is 0.109. The molecule has 7 heteroatoms. The summed E-state index contributed by atoms with van der Waals surface area (Å²) in [6.07, 6.45) is 0.0391. The number of nitrogens with one attached hydrogen (secondary N) is 1. The number of ketones is 1. The van der Waals surface area contributed by atoms with Gasteiger partial charge >= 0.3 is 11.9 Å². The number of dihydropyridines is 1. The zero-order valence-electron chi connectivity index (χ0n) is 20.4. The molecule has 1 heterocycles. The molecule has 1 N–H and O–H groups in total. The van der Waals surface area contributed by atoms with Gasteiger partial charge in [0.2, 0.25) is 0 Å². The summed E-state index contributed by atoms with van der Waals surface area (Å²) in [5.41, 5.74) is 2.76. The molecule has 178 valence electrons. The molecular weight excluding hydrogens is 422 g/mol. The van der Waals surface area contributed by atoms with Crippen LogP contribution in [-0.4, -0.2) is 37.0 Å². The molecule has 7 nitrogen and oxygen atoms in total. The Morgan fingerprint density at radius 1 is 1.09 bits per heavy atom. The van der Waals surface area contributed by atoms with Crippen molar-refractivity contribution in [3.63, 3.8) is 0 Å². The Balaban J connectivity index is 2.24. The lowest BCUT2D eigenvalue weighted by atomic mass is 9.69. The molecule has 1 aromatic rings. The van der Waals surface area contributed by atoms with Gasteiger partial charge in [0.1, 0.15) is 11.7 Å². The quantitative estimate of drug-likeness (QED) is 0.511. The number of benzene rings is 1. The van der Waals surface area contributed by atoms with Gasteiger partial charge in [0.15, 0.2) is 5.78 Å². The Labute approximate surface area is 195 Å². The maximum absolute atomic E-state index is 13.8. The first kappa shape index (κ1) is 24.6. The van der Waals surface area contributed by atoms with Crippen molar-refractivity contribution in [2.75, 3.05) is 7.11 Å². The van der Waals surface area contributed by atoms with Crippen LogP contribution in [0.25, 0.3) is 0 Å². The number of hydrogen-bond donors (Lipinski definition) is 1. The number of hydrogen-bond acceptors (Lipinski definition) is 7. The molecule has 0 saturated carbocycles. The van der Waals surface area contributed by atoms with Crippen LogP contribution in [-0.2, 0) is 23.9 Å². The second-order valence-corrected chi connectivity index (χ2v) is 9.19. The third-order valence-corrected chi connectivity index (χ3v) is 5.90. The van der Waals surface area contributed by atoms with Crippen molar-refractivity contribution >= 4 is 17.7 Å². The monoisotopic (exact) mass is 455 g/mol. The summed E-state index contributed by atoms with van der Waals surface area (Å²) in [6.45, 7) is 11.1. The molecule has 0 unspecified atom stereocenters. The fourth-order valence-electron chi connectivity index (χ4n) is 4.62. The molecule has 33 heavy (non-hydrogen) atoms. The van der Waals surface area contributed by atoms with Crippen LogP contribution >= 0.6 is 0 Å². The van der Waals surface area contributed by atoms with E-state index >= 15 is 0 Å². The van der Waals surface area contributed by atoms with Crippen LogP contribution in [0.3, 0.4) is 0 Å². The van der Waals surface area contributed by atoms with Crippen molar-refractivity contribution in [3.8, 4) is 5.75 Å². The predicted molar refractivity (Wildman–Crippen MR) is 123 cm³/mol. The second kappa shape index (κ2) is 9.81. The largest absolute Gasteiger partial charge is 0.491 e. The molecular formula is C26H33NO6. The van der Waals surface area contributed by atoms with E-state index in [9.17, 15) is 14.4 Å². The number of carbonyl (C=O) groups is 3. The number of methoxy groups -OCH3 is 1. The molecule has 3 rings (SSSR count). The molecule has 0 fully saturated rings. The van der Waals surface area contributed by atoms with E-state index in [1.54, 1.807) is 20.8 Å². The third-order valence-electron chi connectivity index (χ3n) is 5.90. The molecule has 0 radical (unpaired) electrons. The van der Waals surface area contributed by atoms with Crippen molar-refractivity contribution in [1.29, 1.82) is 0 Å². The van der Waals surface area contributed by atoms with Gasteiger partial charge < -0.3 is 19.5 Å². The molecule has 0 bridgehead atoms. The van der Waals surface area contributed by atoms with Gasteiger partial charge in [-0.3, -0.25) is 9.59 Å². The highest BCUT2D eigenvalue weighted by Crippen LogP contribution is 2.47. The lowest BCUT2D eigenvalue weighted by molar-refractivity contribution is -0.151. The molecule has 1 aliphatic carbocycles. The van der Waals surface area contributed by atoms with Crippen LogP contribution < -0.4 is 10.1 Å². The Kier molecular flexibility index (Phi) is 7.30. The van der Waals surface area contributed by atoms with Crippen LogP contribution in [0.1, 0.15) is 59.4 Å². The number of Topliss-reactive ketones (excluding diaryl/α,β-unsaturated/α-hetero) is 1. The molecule has 1 aliphatic heterocycles. The fourth-order valence-corrected chi connectivity index (χ4v) is 4.62. The normalized spacial score (nSPS) is 22.8. The van der Waals surface area contributed by atoms with E-state index < -0.39 is 23.8 Å². The lowest BCUT2D eigenvalue weighted by Gasteiger charge is -2.38.